The first-order valence-corrected chi connectivity index (χ1v) is 7.59. The summed E-state index contributed by atoms with van der Waals surface area (Å²) in [7, 11) is 1.80. The molecule has 102 valence electrons. The quantitative estimate of drug-likeness (QED) is 0.891. The highest BCUT2D eigenvalue weighted by molar-refractivity contribution is 7.11. The fourth-order valence-electron chi connectivity index (χ4n) is 2.75. The molecule has 1 aliphatic carbocycles. The molecule has 4 heteroatoms. The Labute approximate surface area is 114 Å². The van der Waals surface area contributed by atoms with Crippen LogP contribution in [0, 0.1) is 6.92 Å². The molecule has 18 heavy (non-hydrogen) atoms. The molecule has 0 amide bonds. The lowest BCUT2D eigenvalue weighted by Crippen LogP contribution is -2.57. The number of hydrogen-bond donors (Lipinski definition) is 1. The zero-order valence-corrected chi connectivity index (χ0v) is 12.9. The van der Waals surface area contributed by atoms with Crippen LogP contribution in [0.3, 0.4) is 0 Å². The predicted molar refractivity (Wildman–Crippen MR) is 76.2 cm³/mol. The van der Waals surface area contributed by atoms with Crippen molar-refractivity contribution in [1.29, 1.82) is 0 Å². The van der Waals surface area contributed by atoms with Crippen molar-refractivity contribution in [2.24, 2.45) is 0 Å². The van der Waals surface area contributed by atoms with Gasteiger partial charge in [-0.1, -0.05) is 6.92 Å². The molecule has 1 heterocycles. The largest absolute Gasteiger partial charge is 0.381 e. The second kappa shape index (κ2) is 5.27. The zero-order chi connectivity index (χ0) is 13.3. The third-order valence-corrected chi connectivity index (χ3v) is 4.90. The Hall–Kier alpha value is -0.450. The van der Waals surface area contributed by atoms with E-state index >= 15 is 0 Å². The number of ether oxygens (including phenoxy) is 1. The highest BCUT2D eigenvalue weighted by Gasteiger charge is 2.48. The summed E-state index contributed by atoms with van der Waals surface area (Å²) < 4.78 is 5.44. The van der Waals surface area contributed by atoms with Crippen LogP contribution in [-0.2, 0) is 16.7 Å². The van der Waals surface area contributed by atoms with Gasteiger partial charge in [-0.3, -0.25) is 0 Å². The van der Waals surface area contributed by atoms with Crippen molar-refractivity contribution < 1.29 is 4.74 Å². The molecule has 3 nitrogen and oxygen atoms in total. The number of hydrogen-bond acceptors (Lipinski definition) is 4. The van der Waals surface area contributed by atoms with Gasteiger partial charge in [-0.05, 0) is 40.0 Å². The van der Waals surface area contributed by atoms with Gasteiger partial charge in [0.2, 0.25) is 0 Å². The fourth-order valence-corrected chi connectivity index (χ4v) is 3.93. The number of rotatable bonds is 5. The average Bonchev–Trinajstić information content (AvgIpc) is 2.64. The molecule has 0 aliphatic heterocycles. The van der Waals surface area contributed by atoms with Gasteiger partial charge < -0.3 is 10.1 Å². The molecular weight excluding hydrogens is 244 g/mol. The molecule has 1 fully saturated rings. The average molecular weight is 268 g/mol. The number of nitrogens with one attached hydrogen (secondary N) is 1. The lowest BCUT2D eigenvalue weighted by Gasteiger charge is -2.47. The van der Waals surface area contributed by atoms with Gasteiger partial charge in [0.1, 0.15) is 5.01 Å². The second-order valence-electron chi connectivity index (χ2n) is 5.52. The zero-order valence-electron chi connectivity index (χ0n) is 12.0. The van der Waals surface area contributed by atoms with Gasteiger partial charge in [0.05, 0.1) is 17.3 Å². The van der Waals surface area contributed by atoms with Gasteiger partial charge >= 0.3 is 0 Å². The van der Waals surface area contributed by atoms with Crippen LogP contribution >= 0.6 is 11.3 Å². The molecular formula is C14H24N2OS. The van der Waals surface area contributed by atoms with E-state index in [9.17, 15) is 0 Å². The van der Waals surface area contributed by atoms with Crippen LogP contribution in [-0.4, -0.2) is 24.2 Å². The summed E-state index contributed by atoms with van der Waals surface area (Å²) >= 11 is 1.85. The predicted octanol–water partition coefficient (Wildman–Crippen LogP) is 3.02. The van der Waals surface area contributed by atoms with Crippen LogP contribution in [0.25, 0.3) is 0 Å². The minimum absolute atomic E-state index is 0.0533. The maximum absolute atomic E-state index is 5.44. The topological polar surface area (TPSA) is 34.2 Å². The summed E-state index contributed by atoms with van der Waals surface area (Å²) in [6.45, 7) is 8.74. The van der Waals surface area contributed by atoms with Crippen molar-refractivity contribution in [3.63, 3.8) is 0 Å². The van der Waals surface area contributed by atoms with E-state index in [1.807, 2.05) is 11.3 Å². The highest BCUT2D eigenvalue weighted by Crippen LogP contribution is 2.45. The molecule has 0 bridgehead atoms. The summed E-state index contributed by atoms with van der Waals surface area (Å²) in [5.41, 5.74) is 1.30. The lowest BCUT2D eigenvalue weighted by atomic mass is 9.74. The number of methoxy groups -OCH3 is 1. The minimum atomic E-state index is 0.0533. The van der Waals surface area contributed by atoms with Crippen molar-refractivity contribution >= 4 is 11.3 Å². The molecule has 1 aromatic rings. The summed E-state index contributed by atoms with van der Waals surface area (Å²) in [6, 6.07) is 0.470. The van der Waals surface area contributed by atoms with E-state index < -0.39 is 0 Å². The maximum atomic E-state index is 5.44. The van der Waals surface area contributed by atoms with Crippen molar-refractivity contribution in [1.82, 2.24) is 10.3 Å². The molecule has 0 aromatic carbocycles. The van der Waals surface area contributed by atoms with E-state index in [1.54, 1.807) is 7.11 Å². The maximum Gasteiger partial charge on any atom is 0.113 e. The molecule has 0 radical (unpaired) electrons. The van der Waals surface area contributed by atoms with Gasteiger partial charge in [0.25, 0.3) is 0 Å². The lowest BCUT2D eigenvalue weighted by molar-refractivity contribution is -0.0365. The van der Waals surface area contributed by atoms with Crippen molar-refractivity contribution in [3.05, 3.63) is 15.6 Å². The third kappa shape index (κ3) is 2.46. The number of thiazole rings is 1. The standard InChI is InChI=1S/C14H24N2OS/c1-6-12-10(4)18-13(15-12)14(16-9(2)3)7-11(8-14)17-5/h9,11,16H,6-8H2,1-5H3. The second-order valence-corrected chi connectivity index (χ2v) is 6.73. The highest BCUT2D eigenvalue weighted by atomic mass is 32.1. The molecule has 1 saturated carbocycles. The van der Waals surface area contributed by atoms with E-state index in [2.05, 4.69) is 33.0 Å². The van der Waals surface area contributed by atoms with Crippen LogP contribution < -0.4 is 5.32 Å². The third-order valence-electron chi connectivity index (χ3n) is 3.69. The van der Waals surface area contributed by atoms with Gasteiger partial charge in [-0.2, -0.15) is 0 Å². The van der Waals surface area contributed by atoms with Crippen LogP contribution in [0.1, 0.15) is 49.2 Å². The van der Waals surface area contributed by atoms with E-state index in [-0.39, 0.29) is 5.54 Å². The van der Waals surface area contributed by atoms with Crippen molar-refractivity contribution in [3.8, 4) is 0 Å². The van der Waals surface area contributed by atoms with E-state index in [0.29, 0.717) is 12.1 Å². The summed E-state index contributed by atoms with van der Waals surface area (Å²) in [5.74, 6) is 0. The Balaban J connectivity index is 2.24. The minimum Gasteiger partial charge on any atom is -0.381 e. The molecule has 0 unspecified atom stereocenters. The SMILES string of the molecule is CCc1nc(C2(NC(C)C)CC(OC)C2)sc1C. The Morgan fingerprint density at radius 3 is 2.61 bits per heavy atom. The molecule has 1 aromatic heterocycles. The van der Waals surface area contributed by atoms with Crippen molar-refractivity contribution in [2.45, 2.75) is 64.6 Å². The Morgan fingerprint density at radius 1 is 1.50 bits per heavy atom. The summed E-state index contributed by atoms with van der Waals surface area (Å²) in [5, 5.41) is 4.95. The molecule has 0 atom stereocenters. The number of aryl methyl sites for hydroxylation is 2. The molecule has 0 saturated heterocycles. The normalized spacial score (nSPS) is 27.6. The van der Waals surface area contributed by atoms with Crippen LogP contribution in [0.15, 0.2) is 0 Å². The molecule has 1 aliphatic rings. The van der Waals surface area contributed by atoms with Gasteiger partial charge in [0.15, 0.2) is 0 Å². The first kappa shape index (κ1) is 14.0. The molecule has 2 rings (SSSR count). The Morgan fingerprint density at radius 2 is 2.17 bits per heavy atom. The monoisotopic (exact) mass is 268 g/mol. The Kier molecular flexibility index (Phi) is 4.09. The van der Waals surface area contributed by atoms with Gasteiger partial charge in [-0.15, -0.1) is 11.3 Å². The fraction of sp³-hybridized carbons (Fsp3) is 0.786. The van der Waals surface area contributed by atoms with Gasteiger partial charge in [0, 0.05) is 18.0 Å². The Bertz CT molecular complexity index is 408. The first-order valence-electron chi connectivity index (χ1n) is 6.78. The van der Waals surface area contributed by atoms with Gasteiger partial charge in [-0.25, -0.2) is 4.98 Å². The summed E-state index contributed by atoms with van der Waals surface area (Å²) in [6.07, 6.45) is 3.48. The molecule has 1 N–H and O–H groups in total. The smallest absolute Gasteiger partial charge is 0.113 e. The van der Waals surface area contributed by atoms with E-state index in [4.69, 9.17) is 9.72 Å². The first-order chi connectivity index (χ1) is 8.50. The van der Waals surface area contributed by atoms with E-state index in [0.717, 1.165) is 19.3 Å². The van der Waals surface area contributed by atoms with Crippen LogP contribution in [0.4, 0.5) is 0 Å². The van der Waals surface area contributed by atoms with Crippen LogP contribution in [0.5, 0.6) is 0 Å². The number of nitrogens with zero attached hydrogens (tertiary/aromatic N) is 1. The molecule has 0 spiro atoms. The van der Waals surface area contributed by atoms with E-state index in [1.165, 1.54) is 15.6 Å². The number of aromatic nitrogens is 1. The summed E-state index contributed by atoms with van der Waals surface area (Å²) in [4.78, 5) is 6.20. The van der Waals surface area contributed by atoms with Crippen molar-refractivity contribution in [2.75, 3.05) is 7.11 Å². The van der Waals surface area contributed by atoms with Crippen LogP contribution in [0.2, 0.25) is 0 Å².